The van der Waals surface area contributed by atoms with Crippen LogP contribution >= 0.6 is 0 Å². The Balaban J connectivity index is 2.21. The van der Waals surface area contributed by atoms with Crippen molar-refractivity contribution in [3.8, 4) is 0 Å². The molecule has 1 aliphatic rings. The van der Waals surface area contributed by atoms with Crippen LogP contribution in [0.5, 0.6) is 0 Å². The fourth-order valence-corrected chi connectivity index (χ4v) is 1.56. The molecule has 3 heteroatoms. The molecule has 70 valence electrons. The SMILES string of the molecule is NCCCN1CCCC(=O)CC1. The van der Waals surface area contributed by atoms with Crippen LogP contribution in [0.3, 0.4) is 0 Å². The second kappa shape index (κ2) is 5.27. The number of carbonyl (C=O) groups excluding carboxylic acids is 1. The quantitative estimate of drug-likeness (QED) is 0.666. The molecule has 0 aromatic carbocycles. The minimum atomic E-state index is 0.422. The van der Waals surface area contributed by atoms with Crippen LogP contribution in [0.15, 0.2) is 0 Å². The summed E-state index contributed by atoms with van der Waals surface area (Å²) in [6, 6.07) is 0. The minimum Gasteiger partial charge on any atom is -0.330 e. The third kappa shape index (κ3) is 3.32. The van der Waals surface area contributed by atoms with Gasteiger partial charge in [0.25, 0.3) is 0 Å². The van der Waals surface area contributed by atoms with Crippen LogP contribution < -0.4 is 5.73 Å². The van der Waals surface area contributed by atoms with E-state index in [-0.39, 0.29) is 0 Å². The van der Waals surface area contributed by atoms with Crippen LogP contribution in [-0.2, 0) is 4.79 Å². The summed E-state index contributed by atoms with van der Waals surface area (Å²) in [5.74, 6) is 0.422. The minimum absolute atomic E-state index is 0.422. The number of nitrogens with two attached hydrogens (primary N) is 1. The van der Waals surface area contributed by atoms with Gasteiger partial charge in [0.15, 0.2) is 0 Å². The normalized spacial score (nSPS) is 20.9. The Morgan fingerprint density at radius 2 is 2.17 bits per heavy atom. The van der Waals surface area contributed by atoms with E-state index in [9.17, 15) is 4.79 Å². The van der Waals surface area contributed by atoms with Gasteiger partial charge >= 0.3 is 0 Å². The molecule has 2 N–H and O–H groups in total. The Bertz CT molecular complexity index is 147. The van der Waals surface area contributed by atoms with Crippen molar-refractivity contribution in [3.63, 3.8) is 0 Å². The van der Waals surface area contributed by atoms with Crippen LogP contribution in [0.25, 0.3) is 0 Å². The van der Waals surface area contributed by atoms with Crippen molar-refractivity contribution < 1.29 is 4.79 Å². The van der Waals surface area contributed by atoms with Gasteiger partial charge in [-0.25, -0.2) is 0 Å². The van der Waals surface area contributed by atoms with Crippen molar-refractivity contribution in [1.29, 1.82) is 0 Å². The highest BCUT2D eigenvalue weighted by Crippen LogP contribution is 2.06. The molecule has 0 radical (unpaired) electrons. The molecule has 12 heavy (non-hydrogen) atoms. The molecule has 0 amide bonds. The first-order valence-electron chi connectivity index (χ1n) is 4.77. The molecule has 0 unspecified atom stereocenters. The molecule has 0 aromatic heterocycles. The highest BCUT2D eigenvalue weighted by Gasteiger charge is 2.12. The molecule has 0 spiro atoms. The van der Waals surface area contributed by atoms with Gasteiger partial charge in [-0.15, -0.1) is 0 Å². The largest absolute Gasteiger partial charge is 0.330 e. The summed E-state index contributed by atoms with van der Waals surface area (Å²) in [4.78, 5) is 13.4. The fraction of sp³-hybridized carbons (Fsp3) is 0.889. The maximum Gasteiger partial charge on any atom is 0.134 e. The summed E-state index contributed by atoms with van der Waals surface area (Å²) in [7, 11) is 0. The number of carbonyl (C=O) groups is 1. The predicted octanol–water partition coefficient (Wildman–Crippen LogP) is 0.390. The molecular formula is C9H18N2O. The molecule has 1 heterocycles. The number of nitrogens with zero attached hydrogens (tertiary/aromatic N) is 1. The van der Waals surface area contributed by atoms with E-state index in [0.717, 1.165) is 51.9 Å². The van der Waals surface area contributed by atoms with Crippen LogP contribution in [0.2, 0.25) is 0 Å². The standard InChI is InChI=1S/C9H18N2O/c10-5-2-7-11-6-1-3-9(12)4-8-11/h1-8,10H2. The topological polar surface area (TPSA) is 46.3 Å². The number of ketones is 1. The lowest BCUT2D eigenvalue weighted by Crippen LogP contribution is -2.27. The Labute approximate surface area is 73.9 Å². The third-order valence-corrected chi connectivity index (χ3v) is 2.32. The zero-order chi connectivity index (χ0) is 8.81. The maximum absolute atomic E-state index is 11.1. The van der Waals surface area contributed by atoms with Gasteiger partial charge in [0, 0.05) is 19.4 Å². The summed E-state index contributed by atoms with van der Waals surface area (Å²) in [6.45, 7) is 3.83. The summed E-state index contributed by atoms with van der Waals surface area (Å²) in [5.41, 5.74) is 5.42. The van der Waals surface area contributed by atoms with E-state index in [0.29, 0.717) is 5.78 Å². The first-order valence-corrected chi connectivity index (χ1v) is 4.77. The number of hydrogen-bond donors (Lipinski definition) is 1. The van der Waals surface area contributed by atoms with Gasteiger partial charge in [0.2, 0.25) is 0 Å². The Morgan fingerprint density at radius 3 is 2.92 bits per heavy atom. The zero-order valence-corrected chi connectivity index (χ0v) is 7.59. The van der Waals surface area contributed by atoms with Crippen LogP contribution in [0, 0.1) is 0 Å². The summed E-state index contributed by atoms with van der Waals surface area (Å²) in [5, 5.41) is 0. The molecule has 0 atom stereocenters. The zero-order valence-electron chi connectivity index (χ0n) is 7.59. The Kier molecular flexibility index (Phi) is 4.25. The molecule has 1 saturated heterocycles. The molecule has 0 saturated carbocycles. The van der Waals surface area contributed by atoms with Gasteiger partial charge in [-0.3, -0.25) is 4.79 Å². The van der Waals surface area contributed by atoms with E-state index in [1.807, 2.05) is 0 Å². The van der Waals surface area contributed by atoms with Crippen molar-refractivity contribution in [2.24, 2.45) is 5.73 Å². The number of likely N-dealkylation sites (tertiary alicyclic amines) is 1. The maximum atomic E-state index is 11.1. The number of rotatable bonds is 3. The fourth-order valence-electron chi connectivity index (χ4n) is 1.56. The highest BCUT2D eigenvalue weighted by molar-refractivity contribution is 5.78. The smallest absolute Gasteiger partial charge is 0.134 e. The van der Waals surface area contributed by atoms with Crippen molar-refractivity contribution in [3.05, 3.63) is 0 Å². The molecule has 1 aliphatic heterocycles. The summed E-state index contributed by atoms with van der Waals surface area (Å²) >= 11 is 0. The van der Waals surface area contributed by atoms with E-state index in [1.54, 1.807) is 0 Å². The summed E-state index contributed by atoms with van der Waals surface area (Å²) < 4.78 is 0. The van der Waals surface area contributed by atoms with Gasteiger partial charge in [-0.1, -0.05) is 0 Å². The molecule has 0 aliphatic carbocycles. The van der Waals surface area contributed by atoms with Crippen molar-refractivity contribution in [1.82, 2.24) is 4.90 Å². The molecule has 1 fully saturated rings. The van der Waals surface area contributed by atoms with E-state index < -0.39 is 0 Å². The molecular weight excluding hydrogens is 152 g/mol. The lowest BCUT2D eigenvalue weighted by atomic mass is 10.2. The lowest BCUT2D eigenvalue weighted by Gasteiger charge is -2.18. The van der Waals surface area contributed by atoms with Crippen molar-refractivity contribution >= 4 is 5.78 Å². The van der Waals surface area contributed by atoms with Crippen LogP contribution in [0.1, 0.15) is 25.7 Å². The third-order valence-electron chi connectivity index (χ3n) is 2.32. The van der Waals surface area contributed by atoms with Gasteiger partial charge in [0.1, 0.15) is 5.78 Å². The second-order valence-electron chi connectivity index (χ2n) is 3.38. The van der Waals surface area contributed by atoms with Crippen molar-refractivity contribution in [2.45, 2.75) is 25.7 Å². The van der Waals surface area contributed by atoms with E-state index in [1.165, 1.54) is 0 Å². The van der Waals surface area contributed by atoms with Gasteiger partial charge < -0.3 is 10.6 Å². The Morgan fingerprint density at radius 1 is 1.33 bits per heavy atom. The van der Waals surface area contributed by atoms with E-state index in [2.05, 4.69) is 4.90 Å². The van der Waals surface area contributed by atoms with Crippen LogP contribution in [-0.4, -0.2) is 36.9 Å². The second-order valence-corrected chi connectivity index (χ2v) is 3.38. The van der Waals surface area contributed by atoms with Crippen molar-refractivity contribution in [2.75, 3.05) is 26.2 Å². The predicted molar refractivity (Wildman–Crippen MR) is 49.0 cm³/mol. The first-order chi connectivity index (χ1) is 5.83. The van der Waals surface area contributed by atoms with Crippen LogP contribution in [0.4, 0.5) is 0 Å². The van der Waals surface area contributed by atoms with E-state index in [4.69, 9.17) is 5.73 Å². The first kappa shape index (κ1) is 9.68. The molecule has 0 bridgehead atoms. The number of Topliss-reactive ketones (excluding diaryl/α,β-unsaturated/α-hetero) is 1. The molecule has 3 nitrogen and oxygen atoms in total. The highest BCUT2D eigenvalue weighted by atomic mass is 16.1. The molecule has 0 aromatic rings. The van der Waals surface area contributed by atoms with Gasteiger partial charge in [-0.2, -0.15) is 0 Å². The van der Waals surface area contributed by atoms with E-state index >= 15 is 0 Å². The average molecular weight is 170 g/mol. The Hall–Kier alpha value is -0.410. The monoisotopic (exact) mass is 170 g/mol. The number of hydrogen-bond acceptors (Lipinski definition) is 3. The average Bonchev–Trinajstić information content (AvgIpc) is 2.27. The van der Waals surface area contributed by atoms with Gasteiger partial charge in [0.05, 0.1) is 0 Å². The summed E-state index contributed by atoms with van der Waals surface area (Å²) in [6.07, 6.45) is 3.60. The lowest BCUT2D eigenvalue weighted by molar-refractivity contribution is -0.118. The van der Waals surface area contributed by atoms with Gasteiger partial charge in [-0.05, 0) is 32.5 Å². The molecule has 1 rings (SSSR count).